The summed E-state index contributed by atoms with van der Waals surface area (Å²) in [4.78, 5) is 22.9. The predicted octanol–water partition coefficient (Wildman–Crippen LogP) is -1.66. The van der Waals surface area contributed by atoms with Gasteiger partial charge in [-0.05, 0) is 24.3 Å². The Morgan fingerprint density at radius 2 is 1.08 bits per heavy atom. The van der Waals surface area contributed by atoms with Crippen LogP contribution >= 0.6 is 0 Å². The fourth-order valence-corrected chi connectivity index (χ4v) is 1.71. The molecule has 0 fully saturated rings. The first-order valence-corrected chi connectivity index (χ1v) is 6.62. The first-order chi connectivity index (χ1) is 10.8. The molecule has 0 aliphatic heterocycles. The third-order valence-electron chi connectivity index (χ3n) is 2.77. The quantitative estimate of drug-likeness (QED) is 0.136. The molecule has 0 aromatic heterocycles. The van der Waals surface area contributed by atoms with Crippen LogP contribution in [0.4, 0.5) is 0 Å². The van der Waals surface area contributed by atoms with Crippen molar-refractivity contribution >= 4 is 11.6 Å². The van der Waals surface area contributed by atoms with Gasteiger partial charge >= 0.3 is 51.4 Å². The molecule has 2 aliphatic carbocycles. The molecule has 0 aromatic rings. The minimum Gasteiger partial charge on any atom is -1.00 e. The third-order valence-corrected chi connectivity index (χ3v) is 2.77. The monoisotopic (exact) mass is 434 g/mol. The van der Waals surface area contributed by atoms with Crippen LogP contribution in [0.5, 0.6) is 0 Å². The van der Waals surface area contributed by atoms with E-state index in [4.69, 9.17) is 10.5 Å². The van der Waals surface area contributed by atoms with Crippen molar-refractivity contribution in [2.24, 2.45) is 0 Å². The van der Waals surface area contributed by atoms with Crippen LogP contribution in [0.25, 0.3) is 0 Å². The Balaban J connectivity index is 0. The number of carbonyl (C=O) groups is 2. The number of ketones is 2. The Morgan fingerprint density at radius 1 is 0.750 bits per heavy atom. The largest absolute Gasteiger partial charge is 1.00 e. The molecule has 0 atom stereocenters. The van der Waals surface area contributed by atoms with Crippen LogP contribution in [0.1, 0.15) is 0 Å². The number of hydrogen-bond acceptors (Lipinski definition) is 6. The van der Waals surface area contributed by atoms with Gasteiger partial charge in [0.1, 0.15) is 0 Å². The zero-order valence-corrected chi connectivity index (χ0v) is 18.7. The van der Waals surface area contributed by atoms with Gasteiger partial charge in [0, 0.05) is 36.6 Å². The van der Waals surface area contributed by atoms with Gasteiger partial charge in [-0.15, -0.1) is 0 Å². The van der Waals surface area contributed by atoms with Crippen LogP contribution in [0, 0.1) is 0 Å². The number of carbonyl (C=O) groups excluding carboxylic acids is 2. The Bertz CT molecular complexity index is 541. The van der Waals surface area contributed by atoms with Gasteiger partial charge in [-0.2, -0.15) is 0 Å². The van der Waals surface area contributed by atoms with E-state index in [0.717, 1.165) is 0 Å². The molecule has 0 unspecified atom stereocenters. The van der Waals surface area contributed by atoms with E-state index in [1.165, 1.54) is 12.2 Å². The zero-order valence-electron chi connectivity index (χ0n) is 13.3. The average molecular weight is 434 g/mol. The van der Waals surface area contributed by atoms with Crippen LogP contribution in [-0.4, -0.2) is 35.2 Å². The minimum absolute atomic E-state index is 0. The van der Waals surface area contributed by atoms with Crippen molar-refractivity contribution < 1.29 is 93.9 Å². The molecule has 0 saturated carbocycles. The number of hydrogen-bond donors (Lipinski definition) is 4. The maximum Gasteiger partial charge on any atom is 1.00 e. The van der Waals surface area contributed by atoms with Crippen LogP contribution in [0.15, 0.2) is 72.2 Å². The Morgan fingerprint density at radius 3 is 1.42 bits per heavy atom. The zero-order chi connectivity index (χ0) is 16.2. The van der Waals surface area contributed by atoms with Crippen molar-refractivity contribution in [3.8, 4) is 0 Å². The summed E-state index contributed by atoms with van der Waals surface area (Å²) in [5, 5.41) is 18.1. The molecule has 2 rings (SSSR count). The molecular formula is C16H18KN2NbO4. The summed E-state index contributed by atoms with van der Waals surface area (Å²) in [6, 6.07) is 0. The van der Waals surface area contributed by atoms with Gasteiger partial charge in [-0.3, -0.25) is 20.1 Å². The maximum absolute atomic E-state index is 11.4. The Labute approximate surface area is 199 Å². The molecule has 0 saturated heterocycles. The molecule has 0 aromatic carbocycles. The van der Waals surface area contributed by atoms with Crippen molar-refractivity contribution in [1.82, 2.24) is 10.6 Å². The number of nitrogens with one attached hydrogen (secondary N) is 2. The third kappa shape index (κ3) is 9.85. The molecule has 0 radical (unpaired) electrons. The van der Waals surface area contributed by atoms with Crippen LogP contribution in [0.2, 0.25) is 0 Å². The molecule has 6 nitrogen and oxygen atoms in total. The van der Waals surface area contributed by atoms with Crippen molar-refractivity contribution in [2.45, 2.75) is 0 Å². The summed E-state index contributed by atoms with van der Waals surface area (Å²) in [5.41, 5.74) is 1.28. The van der Waals surface area contributed by atoms with Crippen molar-refractivity contribution in [1.29, 1.82) is 0 Å². The van der Waals surface area contributed by atoms with Crippen molar-refractivity contribution in [3.05, 3.63) is 72.2 Å². The average Bonchev–Trinajstić information content (AvgIpc) is 2.56. The van der Waals surface area contributed by atoms with Gasteiger partial charge in [-0.1, -0.05) is 24.3 Å². The van der Waals surface area contributed by atoms with Crippen molar-refractivity contribution in [3.63, 3.8) is 0 Å². The summed E-state index contributed by atoms with van der Waals surface area (Å²) >= 11 is 0. The predicted molar refractivity (Wildman–Crippen MR) is 84.0 cm³/mol. The molecule has 0 spiro atoms. The van der Waals surface area contributed by atoms with Crippen molar-refractivity contribution in [2.75, 3.05) is 13.1 Å². The molecule has 2 aliphatic rings. The number of allylic oxidation sites excluding steroid dienone is 10. The second-order valence-electron chi connectivity index (χ2n) is 4.27. The van der Waals surface area contributed by atoms with E-state index >= 15 is 0 Å². The van der Waals surface area contributed by atoms with Crippen LogP contribution < -0.4 is 62.0 Å². The van der Waals surface area contributed by atoms with E-state index in [-0.39, 0.29) is 85.3 Å². The molecular weight excluding hydrogens is 416 g/mol. The van der Waals surface area contributed by atoms with Gasteiger partial charge < -0.3 is 33.0 Å². The van der Waals surface area contributed by atoms with Gasteiger partial charge in [0.25, 0.3) is 0 Å². The smallest absolute Gasteiger partial charge is 1.00 e. The van der Waals surface area contributed by atoms with Gasteiger partial charge in [-0.25, -0.2) is 0 Å². The summed E-state index contributed by atoms with van der Waals surface area (Å²) in [6.45, 7) is 1.32. The van der Waals surface area contributed by atoms with E-state index in [1.54, 1.807) is 36.7 Å². The second-order valence-corrected chi connectivity index (χ2v) is 4.27. The van der Waals surface area contributed by atoms with Gasteiger partial charge in [0.2, 0.25) is 0 Å². The Kier molecular flexibility index (Phi) is 17.4. The molecule has 8 heteroatoms. The summed E-state index contributed by atoms with van der Waals surface area (Å²) in [7, 11) is 0. The standard InChI is InChI=1S/C16H16N2O2.K.Nb.H2O2/c19-15-7-3-1-5-13(15)11-17-9-10-18-12-14-6-2-4-8-16(14)20;;;1-2/h1-8,11-12,17-18H,9-10H2;;;1-2H/q;+1;-1;/b13-11-,14-12-;;;. The molecule has 0 amide bonds. The topological polar surface area (TPSA) is 98.7 Å². The first-order valence-electron chi connectivity index (χ1n) is 6.62. The second kappa shape index (κ2) is 16.2. The van der Waals surface area contributed by atoms with E-state index in [2.05, 4.69) is 10.6 Å². The first kappa shape index (κ1) is 25.9. The number of rotatable bonds is 5. The van der Waals surface area contributed by atoms with Gasteiger partial charge in [0.15, 0.2) is 11.6 Å². The molecule has 122 valence electrons. The van der Waals surface area contributed by atoms with Crippen LogP contribution in [0.3, 0.4) is 0 Å². The molecule has 0 bridgehead atoms. The normalized spacial score (nSPS) is 17.8. The van der Waals surface area contributed by atoms with E-state index in [1.807, 2.05) is 12.2 Å². The SMILES string of the molecule is O=C1C=CC=C/C1=C/NCCN/C=C1/C=CC=CC1=O.OO.[K+].[Nb-]. The summed E-state index contributed by atoms with van der Waals surface area (Å²) in [6.07, 6.45) is 17.1. The molecule has 0 heterocycles. The van der Waals surface area contributed by atoms with Crippen LogP contribution in [-0.2, 0) is 32.0 Å². The van der Waals surface area contributed by atoms with Gasteiger partial charge in [0.05, 0.1) is 0 Å². The Hall–Kier alpha value is -0.323. The van der Waals surface area contributed by atoms with E-state index in [0.29, 0.717) is 24.2 Å². The fourth-order valence-electron chi connectivity index (χ4n) is 1.71. The van der Waals surface area contributed by atoms with E-state index < -0.39 is 0 Å². The maximum atomic E-state index is 11.4. The minimum atomic E-state index is -0.000182. The molecule has 4 N–H and O–H groups in total. The summed E-state index contributed by atoms with van der Waals surface area (Å²) < 4.78 is 0. The summed E-state index contributed by atoms with van der Waals surface area (Å²) in [5.74, 6) is -0.000363. The fraction of sp³-hybridized carbons (Fsp3) is 0.125. The van der Waals surface area contributed by atoms with E-state index in [9.17, 15) is 9.59 Å². The molecule has 24 heavy (non-hydrogen) atoms.